The Morgan fingerprint density at radius 3 is 2.21 bits per heavy atom. The number of phenols is 1. The first-order valence-corrected chi connectivity index (χ1v) is 6.64. The fourth-order valence-electron chi connectivity index (χ4n) is 2.05. The minimum Gasteiger partial charge on any atom is -0.507 e. The molecule has 0 aromatic heterocycles. The molecule has 2 aromatic rings. The summed E-state index contributed by atoms with van der Waals surface area (Å²) in [7, 11) is 0. The van der Waals surface area contributed by atoms with Crippen molar-refractivity contribution in [2.45, 2.75) is 27.3 Å². The Balaban J connectivity index is 2.12. The van der Waals surface area contributed by atoms with E-state index in [1.165, 1.54) is 0 Å². The summed E-state index contributed by atoms with van der Waals surface area (Å²) in [5, 5.41) is 13.8. The molecular formula is C16H18ClNO. The standard InChI is InChI=1S/C16H18ClNO/c1-10-4-5-14(8-15(10)17)18-9-13-6-11(2)16(19)12(3)7-13/h4-8,18-19H,9H2,1-3H3. The third-order valence-corrected chi connectivity index (χ3v) is 3.63. The molecule has 0 spiro atoms. The molecule has 0 heterocycles. The Labute approximate surface area is 119 Å². The van der Waals surface area contributed by atoms with Gasteiger partial charge in [0.1, 0.15) is 5.75 Å². The van der Waals surface area contributed by atoms with Gasteiger partial charge in [-0.05, 0) is 55.2 Å². The number of aryl methyl sites for hydroxylation is 3. The second-order valence-electron chi connectivity index (χ2n) is 4.90. The van der Waals surface area contributed by atoms with Crippen molar-refractivity contribution in [3.05, 3.63) is 57.6 Å². The summed E-state index contributed by atoms with van der Waals surface area (Å²) in [6.45, 7) is 6.52. The number of hydrogen-bond acceptors (Lipinski definition) is 2. The second kappa shape index (κ2) is 5.54. The van der Waals surface area contributed by atoms with Crippen LogP contribution in [0.2, 0.25) is 5.02 Å². The fraction of sp³-hybridized carbons (Fsp3) is 0.250. The summed E-state index contributed by atoms with van der Waals surface area (Å²) in [6, 6.07) is 9.92. The number of hydrogen-bond donors (Lipinski definition) is 2. The summed E-state index contributed by atoms with van der Waals surface area (Å²) in [4.78, 5) is 0. The topological polar surface area (TPSA) is 32.3 Å². The largest absolute Gasteiger partial charge is 0.507 e. The lowest BCUT2D eigenvalue weighted by Crippen LogP contribution is -2.00. The maximum atomic E-state index is 9.75. The molecule has 100 valence electrons. The summed E-state index contributed by atoms with van der Waals surface area (Å²) in [5.74, 6) is 0.377. The highest BCUT2D eigenvalue weighted by atomic mass is 35.5. The molecule has 0 fully saturated rings. The van der Waals surface area contributed by atoms with E-state index in [-0.39, 0.29) is 0 Å². The Morgan fingerprint density at radius 1 is 1.00 bits per heavy atom. The lowest BCUT2D eigenvalue weighted by molar-refractivity contribution is 0.466. The lowest BCUT2D eigenvalue weighted by Gasteiger charge is -2.11. The number of benzene rings is 2. The average molecular weight is 276 g/mol. The maximum absolute atomic E-state index is 9.75. The van der Waals surface area contributed by atoms with E-state index in [1.807, 2.05) is 51.1 Å². The van der Waals surface area contributed by atoms with Crippen LogP contribution in [0.25, 0.3) is 0 Å². The van der Waals surface area contributed by atoms with Crippen molar-refractivity contribution in [3.63, 3.8) is 0 Å². The molecule has 0 saturated heterocycles. The van der Waals surface area contributed by atoms with Crippen molar-refractivity contribution in [2.75, 3.05) is 5.32 Å². The number of halogens is 1. The highest BCUT2D eigenvalue weighted by Gasteiger charge is 2.04. The summed E-state index contributed by atoms with van der Waals surface area (Å²) in [6.07, 6.45) is 0. The predicted octanol–water partition coefficient (Wildman–Crippen LogP) is 4.58. The number of aromatic hydroxyl groups is 1. The van der Waals surface area contributed by atoms with Crippen molar-refractivity contribution in [3.8, 4) is 5.75 Å². The molecule has 0 aliphatic heterocycles. The zero-order chi connectivity index (χ0) is 14.0. The molecule has 0 aliphatic carbocycles. The van der Waals surface area contributed by atoms with Crippen LogP contribution in [-0.4, -0.2) is 5.11 Å². The summed E-state index contributed by atoms with van der Waals surface area (Å²) < 4.78 is 0. The Kier molecular flexibility index (Phi) is 4.01. The van der Waals surface area contributed by atoms with Crippen LogP contribution in [0.1, 0.15) is 22.3 Å². The van der Waals surface area contributed by atoms with E-state index in [4.69, 9.17) is 11.6 Å². The molecule has 2 rings (SSSR count). The molecule has 0 radical (unpaired) electrons. The number of nitrogens with one attached hydrogen (secondary N) is 1. The second-order valence-corrected chi connectivity index (χ2v) is 5.30. The highest BCUT2D eigenvalue weighted by Crippen LogP contribution is 2.24. The van der Waals surface area contributed by atoms with E-state index in [1.54, 1.807) is 0 Å². The molecule has 0 unspecified atom stereocenters. The van der Waals surface area contributed by atoms with E-state index in [2.05, 4.69) is 5.32 Å². The fourth-order valence-corrected chi connectivity index (χ4v) is 2.24. The normalized spacial score (nSPS) is 10.5. The lowest BCUT2D eigenvalue weighted by atomic mass is 10.1. The Morgan fingerprint density at radius 2 is 1.63 bits per heavy atom. The molecule has 0 aliphatic rings. The summed E-state index contributed by atoms with van der Waals surface area (Å²) >= 11 is 6.09. The van der Waals surface area contributed by atoms with Gasteiger partial charge in [-0.1, -0.05) is 29.8 Å². The molecule has 2 N–H and O–H groups in total. The van der Waals surface area contributed by atoms with Gasteiger partial charge < -0.3 is 10.4 Å². The van der Waals surface area contributed by atoms with Crippen molar-refractivity contribution in [2.24, 2.45) is 0 Å². The first kappa shape index (κ1) is 13.8. The summed E-state index contributed by atoms with van der Waals surface area (Å²) in [5.41, 5.74) is 5.02. The molecular weight excluding hydrogens is 258 g/mol. The maximum Gasteiger partial charge on any atom is 0.121 e. The van der Waals surface area contributed by atoms with Crippen LogP contribution >= 0.6 is 11.6 Å². The number of rotatable bonds is 3. The quantitative estimate of drug-likeness (QED) is 0.859. The highest BCUT2D eigenvalue weighted by molar-refractivity contribution is 6.31. The van der Waals surface area contributed by atoms with E-state index < -0.39 is 0 Å². The number of phenolic OH excluding ortho intramolecular Hbond substituents is 1. The minimum absolute atomic E-state index is 0.377. The number of anilines is 1. The molecule has 2 nitrogen and oxygen atoms in total. The van der Waals surface area contributed by atoms with Gasteiger partial charge in [-0.15, -0.1) is 0 Å². The van der Waals surface area contributed by atoms with Gasteiger partial charge in [0.2, 0.25) is 0 Å². The molecule has 19 heavy (non-hydrogen) atoms. The van der Waals surface area contributed by atoms with Crippen LogP contribution in [0.3, 0.4) is 0 Å². The molecule has 3 heteroatoms. The van der Waals surface area contributed by atoms with Crippen molar-refractivity contribution in [1.82, 2.24) is 0 Å². The van der Waals surface area contributed by atoms with Crippen LogP contribution in [0, 0.1) is 20.8 Å². The predicted molar refractivity (Wildman–Crippen MR) is 81.1 cm³/mol. The molecule has 0 atom stereocenters. The average Bonchev–Trinajstić information content (AvgIpc) is 2.37. The Bertz CT molecular complexity index is 585. The zero-order valence-electron chi connectivity index (χ0n) is 11.4. The van der Waals surface area contributed by atoms with Crippen molar-refractivity contribution >= 4 is 17.3 Å². The molecule has 0 amide bonds. The van der Waals surface area contributed by atoms with Crippen LogP contribution in [0.5, 0.6) is 5.75 Å². The zero-order valence-corrected chi connectivity index (χ0v) is 12.2. The van der Waals surface area contributed by atoms with E-state index >= 15 is 0 Å². The van der Waals surface area contributed by atoms with E-state index in [0.717, 1.165) is 33.0 Å². The molecule has 2 aromatic carbocycles. The SMILES string of the molecule is Cc1ccc(NCc2cc(C)c(O)c(C)c2)cc1Cl. The third-order valence-electron chi connectivity index (χ3n) is 3.22. The van der Waals surface area contributed by atoms with Gasteiger partial charge in [0, 0.05) is 17.3 Å². The van der Waals surface area contributed by atoms with Crippen LogP contribution in [0.4, 0.5) is 5.69 Å². The van der Waals surface area contributed by atoms with Gasteiger partial charge in [-0.3, -0.25) is 0 Å². The van der Waals surface area contributed by atoms with Gasteiger partial charge in [0.25, 0.3) is 0 Å². The van der Waals surface area contributed by atoms with E-state index in [0.29, 0.717) is 12.3 Å². The van der Waals surface area contributed by atoms with Crippen LogP contribution < -0.4 is 5.32 Å². The van der Waals surface area contributed by atoms with Crippen LogP contribution in [0.15, 0.2) is 30.3 Å². The van der Waals surface area contributed by atoms with Gasteiger partial charge >= 0.3 is 0 Å². The minimum atomic E-state index is 0.377. The van der Waals surface area contributed by atoms with E-state index in [9.17, 15) is 5.11 Å². The molecule has 0 bridgehead atoms. The van der Waals surface area contributed by atoms with Gasteiger partial charge in [-0.2, -0.15) is 0 Å². The van der Waals surface area contributed by atoms with Crippen molar-refractivity contribution < 1.29 is 5.11 Å². The third kappa shape index (κ3) is 3.21. The van der Waals surface area contributed by atoms with Gasteiger partial charge in [0.15, 0.2) is 0 Å². The molecule has 0 saturated carbocycles. The van der Waals surface area contributed by atoms with Gasteiger partial charge in [0.05, 0.1) is 0 Å². The smallest absolute Gasteiger partial charge is 0.121 e. The monoisotopic (exact) mass is 275 g/mol. The van der Waals surface area contributed by atoms with Crippen LogP contribution in [-0.2, 0) is 6.54 Å². The van der Waals surface area contributed by atoms with Crippen molar-refractivity contribution in [1.29, 1.82) is 0 Å². The first-order valence-electron chi connectivity index (χ1n) is 6.26. The Hall–Kier alpha value is -1.67. The first-order chi connectivity index (χ1) is 8.97. The van der Waals surface area contributed by atoms with Gasteiger partial charge in [-0.25, -0.2) is 0 Å².